The van der Waals surface area contributed by atoms with Gasteiger partial charge < -0.3 is 11.1 Å². The van der Waals surface area contributed by atoms with Gasteiger partial charge >= 0.3 is 0 Å². The number of amides is 1. The molecule has 108 valence electrons. The number of carbonyl (C=O) groups is 1. The number of nitrogens with zero attached hydrogens (tertiary/aromatic N) is 1. The van der Waals surface area contributed by atoms with Crippen molar-refractivity contribution in [2.75, 3.05) is 5.32 Å². The summed E-state index contributed by atoms with van der Waals surface area (Å²) >= 11 is 3.13. The molecule has 1 aliphatic rings. The van der Waals surface area contributed by atoms with Crippen LogP contribution in [-0.4, -0.2) is 16.9 Å². The maximum absolute atomic E-state index is 12.3. The number of nitro groups is 1. The summed E-state index contributed by atoms with van der Waals surface area (Å²) in [6, 6.07) is 4.25. The first-order valence-electron chi connectivity index (χ1n) is 6.35. The van der Waals surface area contributed by atoms with Crippen LogP contribution >= 0.6 is 15.9 Å². The monoisotopic (exact) mass is 341 g/mol. The highest BCUT2D eigenvalue weighted by atomic mass is 79.9. The van der Waals surface area contributed by atoms with Gasteiger partial charge in [-0.15, -0.1) is 0 Å². The molecule has 0 bridgehead atoms. The van der Waals surface area contributed by atoms with E-state index in [0.717, 1.165) is 19.3 Å². The number of hydrogen-bond donors (Lipinski definition) is 2. The summed E-state index contributed by atoms with van der Waals surface area (Å²) < 4.78 is 0.334. The highest BCUT2D eigenvalue weighted by Gasteiger charge is 2.42. The zero-order valence-corrected chi connectivity index (χ0v) is 12.6. The van der Waals surface area contributed by atoms with E-state index in [4.69, 9.17) is 5.73 Å². The second-order valence-electron chi connectivity index (χ2n) is 5.29. The van der Waals surface area contributed by atoms with Crippen molar-refractivity contribution in [1.29, 1.82) is 0 Å². The van der Waals surface area contributed by atoms with Crippen LogP contribution in [0.3, 0.4) is 0 Å². The van der Waals surface area contributed by atoms with Gasteiger partial charge in [-0.05, 0) is 47.8 Å². The van der Waals surface area contributed by atoms with E-state index in [1.54, 1.807) is 0 Å². The molecule has 2 rings (SSSR count). The van der Waals surface area contributed by atoms with Gasteiger partial charge in [0.05, 0.1) is 14.8 Å². The van der Waals surface area contributed by atoms with Gasteiger partial charge in [0.1, 0.15) is 0 Å². The van der Waals surface area contributed by atoms with Crippen LogP contribution in [0.5, 0.6) is 0 Å². The van der Waals surface area contributed by atoms with Gasteiger partial charge in [-0.3, -0.25) is 14.9 Å². The van der Waals surface area contributed by atoms with Crippen LogP contribution in [0.1, 0.15) is 26.2 Å². The molecule has 0 saturated heterocycles. The molecule has 1 aromatic rings. The van der Waals surface area contributed by atoms with Crippen LogP contribution in [0.2, 0.25) is 0 Å². The molecule has 1 aromatic carbocycles. The first kappa shape index (κ1) is 14.9. The van der Waals surface area contributed by atoms with E-state index in [1.807, 2.05) is 6.92 Å². The molecule has 1 amide bonds. The molecule has 0 aromatic heterocycles. The lowest BCUT2D eigenvalue weighted by Crippen LogP contribution is -2.44. The lowest BCUT2D eigenvalue weighted by molar-refractivity contribution is -0.385. The maximum Gasteiger partial charge on any atom is 0.283 e. The van der Waals surface area contributed by atoms with Gasteiger partial charge in [0, 0.05) is 17.8 Å². The Morgan fingerprint density at radius 2 is 2.30 bits per heavy atom. The SMILES string of the molecule is CC1(C(=O)Nc2ccc([N+](=O)[O-])c(Br)c2)CCCC1N. The van der Waals surface area contributed by atoms with E-state index in [0.29, 0.717) is 10.2 Å². The second kappa shape index (κ2) is 5.49. The highest BCUT2D eigenvalue weighted by Crippen LogP contribution is 2.38. The number of nitrogens with one attached hydrogen (secondary N) is 1. The minimum absolute atomic E-state index is 0.0354. The average molecular weight is 342 g/mol. The van der Waals surface area contributed by atoms with Crippen molar-refractivity contribution in [3.05, 3.63) is 32.8 Å². The smallest absolute Gasteiger partial charge is 0.283 e. The Kier molecular flexibility index (Phi) is 4.10. The molecule has 20 heavy (non-hydrogen) atoms. The number of carbonyl (C=O) groups excluding carboxylic acids is 1. The highest BCUT2D eigenvalue weighted by molar-refractivity contribution is 9.10. The molecule has 7 heteroatoms. The Morgan fingerprint density at radius 3 is 2.80 bits per heavy atom. The molecule has 0 heterocycles. The molecule has 3 N–H and O–H groups in total. The van der Waals surface area contributed by atoms with Crippen LogP contribution in [0, 0.1) is 15.5 Å². The van der Waals surface area contributed by atoms with Crippen LogP contribution < -0.4 is 11.1 Å². The summed E-state index contributed by atoms with van der Waals surface area (Å²) in [6.07, 6.45) is 2.54. The molecule has 0 spiro atoms. The Hall–Kier alpha value is -1.47. The van der Waals surface area contributed by atoms with Crippen molar-refractivity contribution in [3.63, 3.8) is 0 Å². The third kappa shape index (κ3) is 2.69. The molecule has 1 saturated carbocycles. The molecule has 1 fully saturated rings. The Labute approximate surface area is 125 Å². The molecule has 2 unspecified atom stereocenters. The third-order valence-corrected chi connectivity index (χ3v) is 4.59. The van der Waals surface area contributed by atoms with Crippen LogP contribution in [-0.2, 0) is 4.79 Å². The van der Waals surface area contributed by atoms with Gasteiger partial charge in [-0.25, -0.2) is 0 Å². The summed E-state index contributed by atoms with van der Waals surface area (Å²) in [5.41, 5.74) is 5.91. The van der Waals surface area contributed by atoms with Gasteiger partial charge in [0.25, 0.3) is 5.69 Å². The minimum Gasteiger partial charge on any atom is -0.327 e. The fourth-order valence-electron chi connectivity index (χ4n) is 2.48. The molecule has 0 aliphatic heterocycles. The third-order valence-electron chi connectivity index (χ3n) is 3.95. The molecule has 1 aliphatic carbocycles. The van der Waals surface area contributed by atoms with E-state index in [9.17, 15) is 14.9 Å². The quantitative estimate of drug-likeness (QED) is 0.652. The topological polar surface area (TPSA) is 98.3 Å². The second-order valence-corrected chi connectivity index (χ2v) is 6.15. The summed E-state index contributed by atoms with van der Waals surface area (Å²) in [5.74, 6) is -0.136. The molecule has 6 nitrogen and oxygen atoms in total. The van der Waals surface area contributed by atoms with Crippen molar-refractivity contribution in [3.8, 4) is 0 Å². The number of nitrogens with two attached hydrogens (primary N) is 1. The van der Waals surface area contributed by atoms with E-state index < -0.39 is 10.3 Å². The lowest BCUT2D eigenvalue weighted by Gasteiger charge is -2.27. The van der Waals surface area contributed by atoms with E-state index in [-0.39, 0.29) is 17.6 Å². The van der Waals surface area contributed by atoms with Gasteiger partial charge in [0.2, 0.25) is 5.91 Å². The van der Waals surface area contributed by atoms with Crippen molar-refractivity contribution in [1.82, 2.24) is 0 Å². The summed E-state index contributed by atoms with van der Waals surface area (Å²) in [4.78, 5) is 22.6. The molecule has 2 atom stereocenters. The zero-order chi connectivity index (χ0) is 14.9. The summed E-state index contributed by atoms with van der Waals surface area (Å²) in [6.45, 7) is 1.86. The number of rotatable bonds is 3. The standard InChI is InChI=1S/C13H16BrN3O3/c1-13(6-2-3-11(13)15)12(18)16-8-4-5-10(17(19)20)9(14)7-8/h4-5,7,11H,2-3,6,15H2,1H3,(H,16,18). The van der Waals surface area contributed by atoms with Gasteiger partial charge in [0.15, 0.2) is 0 Å². The van der Waals surface area contributed by atoms with Gasteiger partial charge in [-0.1, -0.05) is 6.42 Å². The number of nitro benzene ring substituents is 1. The Balaban J connectivity index is 2.16. The van der Waals surface area contributed by atoms with Gasteiger partial charge in [-0.2, -0.15) is 0 Å². The fourth-order valence-corrected chi connectivity index (χ4v) is 3.01. The Morgan fingerprint density at radius 1 is 1.60 bits per heavy atom. The first-order valence-corrected chi connectivity index (χ1v) is 7.15. The predicted molar refractivity (Wildman–Crippen MR) is 79.4 cm³/mol. The lowest BCUT2D eigenvalue weighted by atomic mass is 9.84. The van der Waals surface area contributed by atoms with Crippen LogP contribution in [0.25, 0.3) is 0 Å². The average Bonchev–Trinajstić information content (AvgIpc) is 2.70. The molecule has 0 radical (unpaired) electrons. The molecular weight excluding hydrogens is 326 g/mol. The van der Waals surface area contributed by atoms with E-state index in [1.165, 1.54) is 18.2 Å². The van der Waals surface area contributed by atoms with Crippen molar-refractivity contribution in [2.24, 2.45) is 11.1 Å². The number of benzene rings is 1. The fraction of sp³-hybridized carbons (Fsp3) is 0.462. The maximum atomic E-state index is 12.3. The number of hydrogen-bond acceptors (Lipinski definition) is 4. The largest absolute Gasteiger partial charge is 0.327 e. The van der Waals surface area contributed by atoms with E-state index in [2.05, 4.69) is 21.2 Å². The van der Waals surface area contributed by atoms with Crippen molar-refractivity contribution < 1.29 is 9.72 Å². The summed E-state index contributed by atoms with van der Waals surface area (Å²) in [7, 11) is 0. The first-order chi connectivity index (χ1) is 9.34. The zero-order valence-electron chi connectivity index (χ0n) is 11.1. The summed E-state index contributed by atoms with van der Waals surface area (Å²) in [5, 5.41) is 13.5. The van der Waals surface area contributed by atoms with Crippen molar-refractivity contribution >= 4 is 33.2 Å². The van der Waals surface area contributed by atoms with Crippen molar-refractivity contribution in [2.45, 2.75) is 32.2 Å². The van der Waals surface area contributed by atoms with Crippen LogP contribution in [0.4, 0.5) is 11.4 Å². The normalized spacial score (nSPS) is 25.4. The van der Waals surface area contributed by atoms with Crippen LogP contribution in [0.15, 0.2) is 22.7 Å². The number of anilines is 1. The Bertz CT molecular complexity index is 564. The number of halogens is 1. The van der Waals surface area contributed by atoms with E-state index >= 15 is 0 Å². The minimum atomic E-state index is -0.575. The molecular formula is C13H16BrN3O3. The predicted octanol–water partition coefficient (Wildman–Crippen LogP) is 2.81.